The predicted octanol–water partition coefficient (Wildman–Crippen LogP) is 3.66. The number of carbonyl (C=O) groups is 1. The molecule has 0 spiro atoms. The maximum absolute atomic E-state index is 12.7. The number of ether oxygens (including phenoxy) is 2. The minimum atomic E-state index is -1.04. The SMILES string of the molecule is CC(C)(C)OC(=O)N1CC(C(C)(C)O)OCC1Cc1ccc(Cl)cc1. The van der Waals surface area contributed by atoms with Crippen LogP contribution in [-0.4, -0.2) is 52.6 Å². The lowest BCUT2D eigenvalue weighted by molar-refractivity contribution is -0.141. The summed E-state index contributed by atoms with van der Waals surface area (Å²) < 4.78 is 11.4. The number of carbonyl (C=O) groups excluding carboxylic acids is 1. The van der Waals surface area contributed by atoms with Gasteiger partial charge in [0.1, 0.15) is 11.7 Å². The first-order chi connectivity index (χ1) is 11.5. The smallest absolute Gasteiger partial charge is 0.410 e. The van der Waals surface area contributed by atoms with Gasteiger partial charge in [-0.15, -0.1) is 0 Å². The standard InChI is InChI=1S/C19H28ClNO4/c1-18(2,3)25-17(22)21-11-16(19(4,5)23)24-12-15(21)10-13-6-8-14(20)9-7-13/h6-9,15-16,23H,10-12H2,1-5H3. The van der Waals surface area contributed by atoms with Crippen molar-refractivity contribution in [2.75, 3.05) is 13.2 Å². The molecule has 2 atom stereocenters. The summed E-state index contributed by atoms with van der Waals surface area (Å²) in [5, 5.41) is 10.9. The number of morpholine rings is 1. The second-order valence-corrected chi connectivity index (χ2v) is 8.53. The number of amides is 1. The maximum Gasteiger partial charge on any atom is 0.410 e. The van der Waals surface area contributed by atoms with Crippen LogP contribution in [0, 0.1) is 0 Å². The van der Waals surface area contributed by atoms with E-state index in [2.05, 4.69) is 0 Å². The van der Waals surface area contributed by atoms with Crippen molar-refractivity contribution in [3.63, 3.8) is 0 Å². The largest absolute Gasteiger partial charge is 0.444 e. The Morgan fingerprint density at radius 3 is 2.40 bits per heavy atom. The van der Waals surface area contributed by atoms with Gasteiger partial charge in [0.25, 0.3) is 0 Å². The Labute approximate surface area is 154 Å². The molecule has 0 aliphatic carbocycles. The lowest BCUT2D eigenvalue weighted by Crippen LogP contribution is -2.59. The van der Waals surface area contributed by atoms with E-state index in [1.165, 1.54) is 0 Å². The van der Waals surface area contributed by atoms with E-state index in [0.717, 1.165) is 5.56 Å². The van der Waals surface area contributed by atoms with Crippen LogP contribution in [0.25, 0.3) is 0 Å². The zero-order chi connectivity index (χ0) is 18.8. The van der Waals surface area contributed by atoms with Gasteiger partial charge in [0, 0.05) is 5.02 Å². The molecule has 1 aromatic rings. The van der Waals surface area contributed by atoms with Gasteiger partial charge < -0.3 is 14.6 Å². The van der Waals surface area contributed by atoms with Crippen molar-refractivity contribution in [1.82, 2.24) is 4.90 Å². The fourth-order valence-electron chi connectivity index (χ4n) is 2.73. The van der Waals surface area contributed by atoms with Gasteiger partial charge in [0.05, 0.1) is 24.8 Å². The molecule has 25 heavy (non-hydrogen) atoms. The van der Waals surface area contributed by atoms with Gasteiger partial charge in [-0.2, -0.15) is 0 Å². The monoisotopic (exact) mass is 369 g/mol. The summed E-state index contributed by atoms with van der Waals surface area (Å²) in [5.74, 6) is 0. The lowest BCUT2D eigenvalue weighted by Gasteiger charge is -2.43. The highest BCUT2D eigenvalue weighted by Crippen LogP contribution is 2.25. The van der Waals surface area contributed by atoms with E-state index in [0.29, 0.717) is 18.1 Å². The molecule has 2 unspecified atom stereocenters. The molecule has 1 N–H and O–H groups in total. The van der Waals surface area contributed by atoms with Crippen LogP contribution in [0.5, 0.6) is 0 Å². The summed E-state index contributed by atoms with van der Waals surface area (Å²) in [7, 11) is 0. The van der Waals surface area contributed by atoms with Gasteiger partial charge in [-0.25, -0.2) is 4.79 Å². The molecular formula is C19H28ClNO4. The number of aliphatic hydroxyl groups is 1. The van der Waals surface area contributed by atoms with Crippen LogP contribution in [0.4, 0.5) is 4.79 Å². The molecule has 0 saturated carbocycles. The number of halogens is 1. The summed E-state index contributed by atoms with van der Waals surface area (Å²) in [6.07, 6.45) is -0.208. The molecule has 0 radical (unpaired) electrons. The molecule has 1 aliphatic rings. The Bertz CT molecular complexity index is 589. The molecule has 6 heteroatoms. The van der Waals surface area contributed by atoms with Crippen LogP contribution >= 0.6 is 11.6 Å². The van der Waals surface area contributed by atoms with Gasteiger partial charge in [0.2, 0.25) is 0 Å². The lowest BCUT2D eigenvalue weighted by atomic mass is 9.97. The van der Waals surface area contributed by atoms with E-state index < -0.39 is 17.3 Å². The van der Waals surface area contributed by atoms with E-state index >= 15 is 0 Å². The summed E-state index contributed by atoms with van der Waals surface area (Å²) in [5.41, 5.74) is -0.552. The van der Waals surface area contributed by atoms with Crippen LogP contribution < -0.4 is 0 Å². The van der Waals surface area contributed by atoms with Gasteiger partial charge in [-0.1, -0.05) is 23.7 Å². The van der Waals surface area contributed by atoms with E-state index in [9.17, 15) is 9.90 Å². The van der Waals surface area contributed by atoms with E-state index in [1.807, 2.05) is 45.0 Å². The normalized spacial score (nSPS) is 22.0. The van der Waals surface area contributed by atoms with Crippen LogP contribution in [0.1, 0.15) is 40.2 Å². The van der Waals surface area contributed by atoms with Crippen LogP contribution in [-0.2, 0) is 15.9 Å². The second-order valence-electron chi connectivity index (χ2n) is 8.09. The molecule has 5 nitrogen and oxygen atoms in total. The third-order valence-corrected chi connectivity index (χ3v) is 4.35. The van der Waals surface area contributed by atoms with Crippen molar-refractivity contribution in [3.05, 3.63) is 34.9 Å². The third-order valence-electron chi connectivity index (χ3n) is 4.09. The maximum atomic E-state index is 12.7. The van der Waals surface area contributed by atoms with Crippen molar-refractivity contribution in [3.8, 4) is 0 Å². The number of hydrogen-bond donors (Lipinski definition) is 1. The minimum Gasteiger partial charge on any atom is -0.444 e. The van der Waals surface area contributed by atoms with Crippen molar-refractivity contribution >= 4 is 17.7 Å². The van der Waals surface area contributed by atoms with Gasteiger partial charge in [0.15, 0.2) is 0 Å². The van der Waals surface area contributed by atoms with Crippen LogP contribution in [0.2, 0.25) is 5.02 Å². The highest BCUT2D eigenvalue weighted by molar-refractivity contribution is 6.30. The summed E-state index contributed by atoms with van der Waals surface area (Å²) in [4.78, 5) is 14.4. The third kappa shape index (κ3) is 5.87. The fourth-order valence-corrected chi connectivity index (χ4v) is 2.86. The van der Waals surface area contributed by atoms with E-state index in [1.54, 1.807) is 18.7 Å². The fraction of sp³-hybridized carbons (Fsp3) is 0.632. The molecule has 0 bridgehead atoms. The van der Waals surface area contributed by atoms with Gasteiger partial charge in [-0.3, -0.25) is 4.90 Å². The van der Waals surface area contributed by atoms with E-state index in [-0.39, 0.29) is 18.7 Å². The molecule has 1 aliphatic heterocycles. The number of rotatable bonds is 3. The molecule has 1 aromatic carbocycles. The first-order valence-electron chi connectivity index (χ1n) is 8.54. The molecule has 1 fully saturated rings. The molecular weight excluding hydrogens is 342 g/mol. The number of benzene rings is 1. The topological polar surface area (TPSA) is 59.0 Å². The van der Waals surface area contributed by atoms with Crippen molar-refractivity contribution in [2.45, 2.75) is 64.4 Å². The molecule has 0 aromatic heterocycles. The van der Waals surface area contributed by atoms with Crippen molar-refractivity contribution in [2.24, 2.45) is 0 Å². The van der Waals surface area contributed by atoms with Crippen molar-refractivity contribution < 1.29 is 19.4 Å². The first-order valence-corrected chi connectivity index (χ1v) is 8.91. The Morgan fingerprint density at radius 2 is 1.88 bits per heavy atom. The average molecular weight is 370 g/mol. The van der Waals surface area contributed by atoms with Gasteiger partial charge in [-0.05, 0) is 58.7 Å². The summed E-state index contributed by atoms with van der Waals surface area (Å²) in [6.45, 7) is 9.52. The Balaban J connectivity index is 2.17. The van der Waals surface area contributed by atoms with E-state index in [4.69, 9.17) is 21.1 Å². The Kier molecular flexibility index (Phi) is 6.02. The zero-order valence-corrected chi connectivity index (χ0v) is 16.3. The predicted molar refractivity (Wildman–Crippen MR) is 97.9 cm³/mol. The molecule has 140 valence electrons. The Morgan fingerprint density at radius 1 is 1.28 bits per heavy atom. The van der Waals surface area contributed by atoms with Crippen molar-refractivity contribution in [1.29, 1.82) is 0 Å². The number of nitrogens with zero attached hydrogens (tertiary/aromatic N) is 1. The quantitative estimate of drug-likeness (QED) is 0.883. The number of hydrogen-bond acceptors (Lipinski definition) is 4. The summed E-state index contributed by atoms with van der Waals surface area (Å²) >= 11 is 5.94. The second kappa shape index (κ2) is 7.52. The first kappa shape index (κ1) is 20.0. The molecule has 2 rings (SSSR count). The molecule has 1 saturated heterocycles. The van der Waals surface area contributed by atoms with Crippen LogP contribution in [0.15, 0.2) is 24.3 Å². The average Bonchev–Trinajstić information content (AvgIpc) is 2.47. The highest BCUT2D eigenvalue weighted by atomic mass is 35.5. The van der Waals surface area contributed by atoms with Crippen LogP contribution in [0.3, 0.4) is 0 Å². The molecule has 1 heterocycles. The van der Waals surface area contributed by atoms with Gasteiger partial charge >= 0.3 is 6.09 Å². The highest BCUT2D eigenvalue weighted by Gasteiger charge is 2.40. The summed E-state index contributed by atoms with van der Waals surface area (Å²) in [6, 6.07) is 7.39. The molecule has 1 amide bonds. The zero-order valence-electron chi connectivity index (χ0n) is 15.6. The minimum absolute atomic E-state index is 0.158. The Hall–Kier alpha value is -1.30.